The van der Waals surface area contributed by atoms with E-state index in [0.29, 0.717) is 45.0 Å². The first kappa shape index (κ1) is 24.2. The Labute approximate surface area is 168 Å². The van der Waals surface area contributed by atoms with Crippen molar-refractivity contribution in [3.63, 3.8) is 0 Å². The summed E-state index contributed by atoms with van der Waals surface area (Å²) in [6.07, 6.45) is 3.06. The molecule has 0 saturated carbocycles. The Morgan fingerprint density at radius 2 is 1.45 bits per heavy atom. The van der Waals surface area contributed by atoms with Crippen LogP contribution in [0.4, 0.5) is 0 Å². The Hall–Kier alpha value is -2.84. The van der Waals surface area contributed by atoms with E-state index in [9.17, 15) is 19.2 Å². The van der Waals surface area contributed by atoms with Gasteiger partial charge in [0.05, 0.1) is 5.92 Å². The Balaban J connectivity index is 2.36. The van der Waals surface area contributed by atoms with Gasteiger partial charge in [0.25, 0.3) is 6.47 Å². The zero-order valence-corrected chi connectivity index (χ0v) is 16.2. The van der Waals surface area contributed by atoms with Gasteiger partial charge in [0.15, 0.2) is 0 Å². The molecule has 29 heavy (non-hydrogen) atoms. The van der Waals surface area contributed by atoms with Gasteiger partial charge < -0.3 is 24.5 Å². The summed E-state index contributed by atoms with van der Waals surface area (Å²) in [5, 5.41) is 26.5. The summed E-state index contributed by atoms with van der Waals surface area (Å²) in [6.45, 7) is 0.332. The lowest BCUT2D eigenvalue weighted by Crippen LogP contribution is -2.15. The normalized spacial score (nSPS) is 12.8. The molecule has 1 aromatic heterocycles. The molecule has 9 heteroatoms. The zero-order chi connectivity index (χ0) is 21.6. The molecule has 0 saturated heterocycles. The number of hydrogen-bond acceptors (Lipinski definition) is 6. The first-order valence-electron chi connectivity index (χ1n) is 9.65. The Morgan fingerprint density at radius 3 is 1.97 bits per heavy atom. The van der Waals surface area contributed by atoms with Crippen molar-refractivity contribution < 1.29 is 43.7 Å². The van der Waals surface area contributed by atoms with E-state index in [1.165, 1.54) is 0 Å². The average Bonchev–Trinajstić information content (AvgIpc) is 3.09. The largest absolute Gasteiger partial charge is 0.481 e. The Morgan fingerprint density at radius 1 is 0.897 bits per heavy atom. The number of aryl methyl sites for hydroxylation is 2. The molecule has 2 unspecified atom stereocenters. The molecule has 9 nitrogen and oxygen atoms in total. The number of carbonyl (C=O) groups is 4. The van der Waals surface area contributed by atoms with Crippen LogP contribution in [0.5, 0.6) is 0 Å². The highest BCUT2D eigenvalue weighted by Gasteiger charge is 2.18. The van der Waals surface area contributed by atoms with Gasteiger partial charge in [0.2, 0.25) is 0 Å². The highest BCUT2D eigenvalue weighted by molar-refractivity contribution is 5.72. The summed E-state index contributed by atoms with van der Waals surface area (Å²) in [7, 11) is 0. The number of ether oxygens (including phenoxy) is 1. The number of rotatable bonds is 17. The van der Waals surface area contributed by atoms with Gasteiger partial charge in [0, 0.05) is 25.7 Å². The van der Waals surface area contributed by atoms with Crippen molar-refractivity contribution in [1.82, 2.24) is 0 Å². The van der Waals surface area contributed by atoms with E-state index < -0.39 is 29.9 Å². The molecular formula is C20H28O9. The fourth-order valence-electron chi connectivity index (χ4n) is 3.05. The molecule has 1 aromatic rings. The Kier molecular flexibility index (Phi) is 11.1. The summed E-state index contributed by atoms with van der Waals surface area (Å²) in [6, 6.07) is 3.66. The van der Waals surface area contributed by atoms with Gasteiger partial charge in [-0.2, -0.15) is 0 Å². The van der Waals surface area contributed by atoms with Crippen LogP contribution < -0.4 is 0 Å². The number of carboxylic acid groups (broad SMARTS) is 3. The third kappa shape index (κ3) is 10.9. The summed E-state index contributed by atoms with van der Waals surface area (Å²) in [4.78, 5) is 42.9. The first-order valence-corrected chi connectivity index (χ1v) is 9.65. The third-order valence-corrected chi connectivity index (χ3v) is 4.63. The van der Waals surface area contributed by atoms with Crippen LogP contribution in [0.2, 0.25) is 0 Å². The lowest BCUT2D eigenvalue weighted by atomic mass is 9.96. The van der Waals surface area contributed by atoms with Gasteiger partial charge in [0.1, 0.15) is 17.6 Å². The molecule has 0 aromatic carbocycles. The van der Waals surface area contributed by atoms with E-state index in [-0.39, 0.29) is 25.7 Å². The van der Waals surface area contributed by atoms with Crippen molar-refractivity contribution in [2.45, 2.75) is 70.3 Å². The van der Waals surface area contributed by atoms with E-state index in [4.69, 9.17) is 24.5 Å². The van der Waals surface area contributed by atoms with Gasteiger partial charge in [-0.3, -0.25) is 19.2 Å². The van der Waals surface area contributed by atoms with Crippen molar-refractivity contribution in [2.24, 2.45) is 5.92 Å². The first-order chi connectivity index (χ1) is 13.8. The van der Waals surface area contributed by atoms with Gasteiger partial charge in [-0.25, -0.2) is 0 Å². The summed E-state index contributed by atoms with van der Waals surface area (Å²) in [5.41, 5.74) is 0. The van der Waals surface area contributed by atoms with Crippen LogP contribution in [0.15, 0.2) is 16.5 Å². The number of carbonyl (C=O) groups excluding carboxylic acids is 1. The minimum absolute atomic E-state index is 0.0623. The smallest absolute Gasteiger partial charge is 0.306 e. The van der Waals surface area contributed by atoms with Crippen LogP contribution in [0.3, 0.4) is 0 Å². The summed E-state index contributed by atoms with van der Waals surface area (Å²) in [5.74, 6) is -2.12. The maximum atomic E-state index is 11.2. The molecule has 0 aliphatic carbocycles. The SMILES string of the molecule is O=COC(CCCc1ccc(CCCC(CCC(=O)O)C(=O)O)o1)CCC(=O)O. The predicted octanol–water partition coefficient (Wildman–Crippen LogP) is 2.90. The van der Waals surface area contributed by atoms with Crippen molar-refractivity contribution >= 4 is 24.4 Å². The van der Waals surface area contributed by atoms with Crippen molar-refractivity contribution in [3.05, 3.63) is 23.7 Å². The molecule has 0 radical (unpaired) electrons. The van der Waals surface area contributed by atoms with E-state index in [2.05, 4.69) is 0 Å². The number of furan rings is 1. The van der Waals surface area contributed by atoms with Crippen LogP contribution in [0.25, 0.3) is 0 Å². The van der Waals surface area contributed by atoms with Gasteiger partial charge in [-0.1, -0.05) is 0 Å². The van der Waals surface area contributed by atoms with Crippen LogP contribution in [0, 0.1) is 5.92 Å². The number of hydrogen-bond donors (Lipinski definition) is 3. The molecule has 0 aliphatic rings. The third-order valence-electron chi connectivity index (χ3n) is 4.63. The molecular weight excluding hydrogens is 384 g/mol. The van der Waals surface area contributed by atoms with E-state index in [1.54, 1.807) is 0 Å². The minimum atomic E-state index is -1.00. The zero-order valence-electron chi connectivity index (χ0n) is 16.2. The van der Waals surface area contributed by atoms with Gasteiger partial charge in [-0.15, -0.1) is 0 Å². The topological polar surface area (TPSA) is 151 Å². The van der Waals surface area contributed by atoms with Crippen LogP contribution in [0.1, 0.15) is 62.9 Å². The second-order valence-corrected chi connectivity index (χ2v) is 6.91. The molecule has 1 heterocycles. The highest BCUT2D eigenvalue weighted by atomic mass is 16.5. The van der Waals surface area contributed by atoms with Crippen LogP contribution in [-0.2, 0) is 36.8 Å². The van der Waals surface area contributed by atoms with Crippen molar-refractivity contribution in [3.8, 4) is 0 Å². The Bertz CT molecular complexity index is 665. The van der Waals surface area contributed by atoms with E-state index in [0.717, 1.165) is 11.5 Å². The molecule has 0 amide bonds. The molecule has 3 N–H and O–H groups in total. The lowest BCUT2D eigenvalue weighted by Gasteiger charge is -2.13. The molecule has 1 rings (SSSR count). The molecule has 0 aliphatic heterocycles. The second kappa shape index (κ2) is 13.4. The van der Waals surface area contributed by atoms with E-state index in [1.807, 2.05) is 12.1 Å². The molecule has 0 fully saturated rings. The fourth-order valence-corrected chi connectivity index (χ4v) is 3.05. The van der Waals surface area contributed by atoms with Crippen molar-refractivity contribution in [1.29, 1.82) is 0 Å². The summed E-state index contributed by atoms with van der Waals surface area (Å²) >= 11 is 0. The second-order valence-electron chi connectivity index (χ2n) is 6.91. The number of aliphatic carboxylic acids is 3. The van der Waals surface area contributed by atoms with Crippen LogP contribution >= 0.6 is 0 Å². The van der Waals surface area contributed by atoms with E-state index >= 15 is 0 Å². The average molecular weight is 412 g/mol. The maximum absolute atomic E-state index is 11.2. The molecule has 162 valence electrons. The molecule has 0 bridgehead atoms. The quantitative estimate of drug-likeness (QED) is 0.328. The monoisotopic (exact) mass is 412 g/mol. The maximum Gasteiger partial charge on any atom is 0.306 e. The standard InChI is InChI=1S/C20H28O9/c21-13-28-15(10-12-19(24)25)4-2-6-17-9-8-16(29-17)5-1-3-14(20(26)27)7-11-18(22)23/h8-9,13-15H,1-7,10-12H2,(H,22,23)(H,24,25)(H,26,27). The van der Waals surface area contributed by atoms with Gasteiger partial charge >= 0.3 is 17.9 Å². The molecule has 0 spiro atoms. The lowest BCUT2D eigenvalue weighted by molar-refractivity contribution is -0.143. The number of carboxylic acids is 3. The predicted molar refractivity (Wildman–Crippen MR) is 100 cm³/mol. The van der Waals surface area contributed by atoms with Crippen LogP contribution in [-0.4, -0.2) is 45.8 Å². The van der Waals surface area contributed by atoms with Gasteiger partial charge in [-0.05, 0) is 50.7 Å². The molecule has 2 atom stereocenters. The van der Waals surface area contributed by atoms with Crippen molar-refractivity contribution in [2.75, 3.05) is 0 Å². The minimum Gasteiger partial charge on any atom is -0.481 e. The summed E-state index contributed by atoms with van der Waals surface area (Å²) < 4.78 is 10.6. The highest BCUT2D eigenvalue weighted by Crippen LogP contribution is 2.19. The fraction of sp³-hybridized carbons (Fsp3) is 0.600.